The van der Waals surface area contributed by atoms with Crippen LogP contribution in [0.5, 0.6) is 0 Å². The van der Waals surface area contributed by atoms with E-state index in [2.05, 4.69) is 9.55 Å². The van der Waals surface area contributed by atoms with Crippen LogP contribution in [0.25, 0.3) is 0 Å². The fourth-order valence-electron chi connectivity index (χ4n) is 3.43. The molecule has 0 spiro atoms. The van der Waals surface area contributed by atoms with Crippen molar-refractivity contribution in [2.75, 3.05) is 0 Å². The number of imidazole rings is 1. The van der Waals surface area contributed by atoms with Crippen LogP contribution in [0.2, 0.25) is 0 Å². The molecule has 2 aliphatic carbocycles. The molecule has 1 aromatic carbocycles. The smallest absolute Gasteiger partial charge is 0.174 e. The predicted molar refractivity (Wildman–Crippen MR) is 72.6 cm³/mol. The number of rotatable bonds is 2. The second-order valence-electron chi connectivity index (χ2n) is 5.65. The monoisotopic (exact) mass is 266 g/mol. The highest BCUT2D eigenvalue weighted by atomic mass is 16.2. The highest BCUT2D eigenvalue weighted by Gasteiger charge is 2.47. The molecule has 1 saturated carbocycles. The van der Waals surface area contributed by atoms with E-state index in [1.807, 2.05) is 18.3 Å². The molecular weight excluding hydrogens is 252 g/mol. The number of nitrogens with zero attached hydrogens (tertiary/aromatic N) is 2. The van der Waals surface area contributed by atoms with E-state index in [1.165, 1.54) is 0 Å². The normalized spacial score (nSPS) is 25.6. The number of hydrogen-bond donors (Lipinski definition) is 0. The molecule has 1 heterocycles. The Morgan fingerprint density at radius 1 is 1.05 bits per heavy atom. The van der Waals surface area contributed by atoms with Gasteiger partial charge in [-0.2, -0.15) is 0 Å². The third kappa shape index (κ3) is 1.51. The molecule has 4 rings (SSSR count). The summed E-state index contributed by atoms with van der Waals surface area (Å²) < 4.78 is 2.06. The number of carbonyl (C=O) groups is 2. The number of fused-ring (bicyclic) bond motifs is 1. The quantitative estimate of drug-likeness (QED) is 0.785. The summed E-state index contributed by atoms with van der Waals surface area (Å²) in [5.41, 5.74) is 1.21. The molecule has 0 unspecified atom stereocenters. The van der Waals surface area contributed by atoms with Gasteiger partial charge < -0.3 is 4.57 Å². The summed E-state index contributed by atoms with van der Waals surface area (Å²) in [6.45, 7) is 0. The number of Topliss-reactive ketones (excluding diaryl/α,β-unsaturated/α-hetero) is 2. The first-order valence-corrected chi connectivity index (χ1v) is 6.90. The van der Waals surface area contributed by atoms with Crippen molar-refractivity contribution in [2.24, 2.45) is 11.8 Å². The van der Waals surface area contributed by atoms with Gasteiger partial charge in [0, 0.05) is 29.6 Å². The highest BCUT2D eigenvalue weighted by Crippen LogP contribution is 2.46. The maximum Gasteiger partial charge on any atom is 0.174 e. The number of ketones is 2. The Balaban J connectivity index is 1.55. The first-order chi connectivity index (χ1) is 9.75. The molecular formula is C16H14N2O2. The average Bonchev–Trinajstić information content (AvgIpc) is 3.01. The Morgan fingerprint density at radius 2 is 1.70 bits per heavy atom. The predicted octanol–water partition coefficient (Wildman–Crippen LogP) is 2.53. The Labute approximate surface area is 116 Å². The van der Waals surface area contributed by atoms with Gasteiger partial charge in [0.15, 0.2) is 11.6 Å². The van der Waals surface area contributed by atoms with Crippen LogP contribution >= 0.6 is 0 Å². The second-order valence-corrected chi connectivity index (χ2v) is 5.65. The van der Waals surface area contributed by atoms with Gasteiger partial charge in [-0.3, -0.25) is 9.59 Å². The number of carbonyl (C=O) groups excluding carboxylic acids is 2. The van der Waals surface area contributed by atoms with Gasteiger partial charge in [-0.15, -0.1) is 0 Å². The topological polar surface area (TPSA) is 52.0 Å². The van der Waals surface area contributed by atoms with Crippen molar-refractivity contribution in [3.63, 3.8) is 0 Å². The standard InChI is InChI=1S/C16H14N2O2/c19-15-12-3-1-2-4-13(12)16(20)14(15)10-7-11(8-10)18-6-5-17-9-18/h1-6,9-11,14H,7-8H2. The van der Waals surface area contributed by atoms with E-state index in [-0.39, 0.29) is 17.5 Å². The fraction of sp³-hybridized carbons (Fsp3) is 0.312. The molecule has 4 heteroatoms. The Morgan fingerprint density at radius 3 is 2.25 bits per heavy atom. The van der Waals surface area contributed by atoms with Crippen molar-refractivity contribution in [1.82, 2.24) is 9.55 Å². The zero-order valence-corrected chi connectivity index (χ0v) is 10.9. The van der Waals surface area contributed by atoms with Gasteiger partial charge in [0.25, 0.3) is 0 Å². The minimum Gasteiger partial charge on any atom is -0.334 e. The number of benzene rings is 1. The van der Waals surface area contributed by atoms with Crippen LogP contribution in [-0.4, -0.2) is 21.1 Å². The van der Waals surface area contributed by atoms with Crippen LogP contribution in [0.3, 0.4) is 0 Å². The molecule has 2 aliphatic rings. The average molecular weight is 266 g/mol. The first kappa shape index (κ1) is 11.6. The van der Waals surface area contributed by atoms with Gasteiger partial charge in [-0.05, 0) is 18.8 Å². The zero-order chi connectivity index (χ0) is 13.7. The highest BCUT2D eigenvalue weighted by molar-refractivity contribution is 6.26. The molecule has 0 amide bonds. The van der Waals surface area contributed by atoms with E-state index < -0.39 is 5.92 Å². The first-order valence-electron chi connectivity index (χ1n) is 6.90. The summed E-state index contributed by atoms with van der Waals surface area (Å²) in [5, 5.41) is 0. The molecule has 0 saturated heterocycles. The summed E-state index contributed by atoms with van der Waals surface area (Å²) >= 11 is 0. The van der Waals surface area contributed by atoms with Crippen LogP contribution < -0.4 is 0 Å². The fourth-order valence-corrected chi connectivity index (χ4v) is 3.43. The molecule has 100 valence electrons. The van der Waals surface area contributed by atoms with Crippen molar-refractivity contribution in [2.45, 2.75) is 18.9 Å². The van der Waals surface area contributed by atoms with Crippen molar-refractivity contribution in [3.8, 4) is 0 Å². The van der Waals surface area contributed by atoms with Gasteiger partial charge in [-0.25, -0.2) is 4.98 Å². The van der Waals surface area contributed by atoms with Crippen LogP contribution in [0.15, 0.2) is 43.0 Å². The summed E-state index contributed by atoms with van der Waals surface area (Å²) in [4.78, 5) is 28.8. The summed E-state index contributed by atoms with van der Waals surface area (Å²) in [5.74, 6) is -0.249. The number of aromatic nitrogens is 2. The maximum atomic E-state index is 12.4. The van der Waals surface area contributed by atoms with Crippen molar-refractivity contribution >= 4 is 11.6 Å². The van der Waals surface area contributed by atoms with Crippen molar-refractivity contribution < 1.29 is 9.59 Å². The molecule has 0 bridgehead atoms. The molecule has 1 aromatic heterocycles. The van der Waals surface area contributed by atoms with E-state index >= 15 is 0 Å². The van der Waals surface area contributed by atoms with E-state index in [4.69, 9.17) is 0 Å². The summed E-state index contributed by atoms with van der Waals surface area (Å²) in [6, 6.07) is 7.55. The lowest BCUT2D eigenvalue weighted by Gasteiger charge is -2.38. The molecule has 1 fully saturated rings. The van der Waals surface area contributed by atoms with Gasteiger partial charge >= 0.3 is 0 Å². The van der Waals surface area contributed by atoms with Crippen LogP contribution in [0, 0.1) is 11.8 Å². The lowest BCUT2D eigenvalue weighted by atomic mass is 9.70. The van der Waals surface area contributed by atoms with E-state index in [1.54, 1.807) is 24.7 Å². The van der Waals surface area contributed by atoms with Gasteiger partial charge in [0.2, 0.25) is 0 Å². The molecule has 0 radical (unpaired) electrons. The molecule has 0 aliphatic heterocycles. The Bertz CT molecular complexity index is 649. The molecule has 4 nitrogen and oxygen atoms in total. The third-order valence-electron chi connectivity index (χ3n) is 4.59. The van der Waals surface area contributed by atoms with E-state index in [0.29, 0.717) is 17.2 Å². The number of hydrogen-bond acceptors (Lipinski definition) is 3. The molecule has 2 aromatic rings. The zero-order valence-electron chi connectivity index (χ0n) is 10.9. The van der Waals surface area contributed by atoms with Gasteiger partial charge in [-0.1, -0.05) is 24.3 Å². The second kappa shape index (κ2) is 4.13. The van der Waals surface area contributed by atoms with Crippen LogP contribution in [0.1, 0.15) is 39.6 Å². The van der Waals surface area contributed by atoms with Crippen molar-refractivity contribution in [3.05, 3.63) is 54.1 Å². The largest absolute Gasteiger partial charge is 0.334 e. The SMILES string of the molecule is O=C1c2ccccc2C(=O)C1C1CC(n2ccnc2)C1. The Hall–Kier alpha value is -2.23. The van der Waals surface area contributed by atoms with E-state index in [0.717, 1.165) is 12.8 Å². The minimum atomic E-state index is -0.452. The van der Waals surface area contributed by atoms with E-state index in [9.17, 15) is 9.59 Å². The summed E-state index contributed by atoms with van der Waals surface area (Å²) in [7, 11) is 0. The molecule has 0 N–H and O–H groups in total. The van der Waals surface area contributed by atoms with Crippen LogP contribution in [-0.2, 0) is 0 Å². The van der Waals surface area contributed by atoms with Crippen LogP contribution in [0.4, 0.5) is 0 Å². The lowest BCUT2D eigenvalue weighted by Crippen LogP contribution is -2.36. The van der Waals surface area contributed by atoms with Crippen molar-refractivity contribution in [1.29, 1.82) is 0 Å². The lowest BCUT2D eigenvalue weighted by molar-refractivity contribution is 0.0651. The van der Waals surface area contributed by atoms with Gasteiger partial charge in [0.1, 0.15) is 0 Å². The minimum absolute atomic E-state index is 0.0136. The molecule has 0 atom stereocenters. The summed E-state index contributed by atoms with van der Waals surface area (Å²) in [6.07, 6.45) is 7.26. The Kier molecular flexibility index (Phi) is 2.39. The maximum absolute atomic E-state index is 12.4. The molecule has 20 heavy (non-hydrogen) atoms. The van der Waals surface area contributed by atoms with Gasteiger partial charge in [0.05, 0.1) is 12.2 Å². The third-order valence-corrected chi connectivity index (χ3v) is 4.59.